The number of fused-ring (bicyclic) bond motifs is 1. The van der Waals surface area contributed by atoms with Crippen LogP contribution in [0.3, 0.4) is 0 Å². The van der Waals surface area contributed by atoms with Crippen molar-refractivity contribution in [3.63, 3.8) is 0 Å². The molecule has 0 aliphatic heterocycles. The van der Waals surface area contributed by atoms with Crippen LogP contribution >= 0.6 is 12.4 Å². The molecule has 1 aromatic heterocycles. The molecule has 4 nitrogen and oxygen atoms in total. The first-order valence-electron chi connectivity index (χ1n) is 14.2. The third-order valence-corrected chi connectivity index (χ3v) is 8.75. The third kappa shape index (κ3) is 6.78. The van der Waals surface area contributed by atoms with Crippen molar-refractivity contribution >= 4 is 29.2 Å². The first kappa shape index (κ1) is 27.7. The summed E-state index contributed by atoms with van der Waals surface area (Å²) in [5.41, 5.74) is 10.9. The minimum atomic E-state index is 0. The van der Waals surface area contributed by atoms with Crippen molar-refractivity contribution in [3.05, 3.63) is 71.4 Å². The number of nitrogens with one attached hydrogen (secondary N) is 1. The monoisotopic (exact) mass is 521 g/mol. The number of hydrogen-bond acceptors (Lipinski definition) is 2. The highest BCUT2D eigenvalue weighted by Gasteiger charge is 2.26. The van der Waals surface area contributed by atoms with E-state index in [1.165, 1.54) is 59.7 Å². The van der Waals surface area contributed by atoms with Crippen LogP contribution in [0.25, 0.3) is 10.9 Å². The maximum Gasteiger partial charge on any atom is 0.221 e. The van der Waals surface area contributed by atoms with Crippen LogP contribution in [0.5, 0.6) is 0 Å². The fourth-order valence-electron chi connectivity index (χ4n) is 6.66. The Balaban J connectivity index is 0.00000320. The molecule has 0 saturated heterocycles. The van der Waals surface area contributed by atoms with Gasteiger partial charge < -0.3 is 15.6 Å². The smallest absolute Gasteiger partial charge is 0.221 e. The van der Waals surface area contributed by atoms with E-state index >= 15 is 0 Å². The van der Waals surface area contributed by atoms with Crippen LogP contribution in [0.15, 0.2) is 54.7 Å². The molecule has 5 rings (SSSR count). The fraction of sp³-hybridized carbons (Fsp3) is 0.531. The highest BCUT2D eigenvalue weighted by atomic mass is 35.5. The van der Waals surface area contributed by atoms with Gasteiger partial charge >= 0.3 is 0 Å². The average Bonchev–Trinajstić information content (AvgIpc) is 3.26. The molecule has 200 valence electrons. The van der Waals surface area contributed by atoms with Gasteiger partial charge in [-0.3, -0.25) is 4.79 Å². The van der Waals surface area contributed by atoms with Gasteiger partial charge in [0.05, 0.1) is 0 Å². The summed E-state index contributed by atoms with van der Waals surface area (Å²) in [7, 11) is 0. The highest BCUT2D eigenvalue weighted by Crippen LogP contribution is 2.36. The molecule has 2 aliphatic rings. The second-order valence-corrected chi connectivity index (χ2v) is 11.4. The van der Waals surface area contributed by atoms with Crippen molar-refractivity contribution in [1.29, 1.82) is 0 Å². The van der Waals surface area contributed by atoms with Crippen molar-refractivity contribution in [2.24, 2.45) is 17.6 Å². The maximum absolute atomic E-state index is 13.4. The Labute approximate surface area is 228 Å². The molecule has 5 heteroatoms. The van der Waals surface area contributed by atoms with E-state index in [-0.39, 0.29) is 30.3 Å². The minimum absolute atomic E-state index is 0. The van der Waals surface area contributed by atoms with E-state index in [2.05, 4.69) is 71.5 Å². The number of hydrogen-bond donors (Lipinski definition) is 2. The number of carbonyl (C=O) groups excluding carboxylic acids is 1. The van der Waals surface area contributed by atoms with Gasteiger partial charge in [0, 0.05) is 42.0 Å². The van der Waals surface area contributed by atoms with Crippen LogP contribution in [0, 0.1) is 18.8 Å². The zero-order valence-electron chi connectivity index (χ0n) is 22.3. The number of amides is 1. The summed E-state index contributed by atoms with van der Waals surface area (Å²) < 4.78 is 2.48. The molecule has 1 amide bonds. The van der Waals surface area contributed by atoms with E-state index in [0.717, 1.165) is 44.7 Å². The van der Waals surface area contributed by atoms with Gasteiger partial charge in [-0.25, -0.2) is 0 Å². The molecule has 3 N–H and O–H groups in total. The van der Waals surface area contributed by atoms with Crippen LogP contribution in [0.1, 0.15) is 86.8 Å². The lowest BCUT2D eigenvalue weighted by atomic mass is 9.85. The number of aryl methyl sites for hydroxylation is 1. The molecule has 2 aliphatic carbocycles. The van der Waals surface area contributed by atoms with E-state index in [0.29, 0.717) is 12.3 Å². The molecular weight excluding hydrogens is 478 g/mol. The summed E-state index contributed by atoms with van der Waals surface area (Å²) in [6.45, 7) is 3.99. The summed E-state index contributed by atoms with van der Waals surface area (Å²) in [5.74, 6) is 1.59. The molecule has 1 unspecified atom stereocenters. The van der Waals surface area contributed by atoms with Crippen molar-refractivity contribution in [3.8, 4) is 0 Å². The van der Waals surface area contributed by atoms with Gasteiger partial charge in [-0.15, -0.1) is 12.4 Å². The molecule has 2 saturated carbocycles. The molecule has 37 heavy (non-hydrogen) atoms. The maximum atomic E-state index is 13.4. The molecule has 2 fully saturated rings. The fourth-order valence-corrected chi connectivity index (χ4v) is 6.66. The summed E-state index contributed by atoms with van der Waals surface area (Å²) in [6, 6.07) is 17.8. The molecule has 1 heterocycles. The highest BCUT2D eigenvalue weighted by molar-refractivity contribution is 5.87. The Hall–Kier alpha value is -2.30. The Morgan fingerprint density at radius 1 is 0.973 bits per heavy atom. The summed E-state index contributed by atoms with van der Waals surface area (Å²) >= 11 is 0. The molecule has 0 bridgehead atoms. The Bertz CT molecular complexity index is 1160. The molecule has 1 atom stereocenters. The van der Waals surface area contributed by atoms with Crippen molar-refractivity contribution < 1.29 is 4.79 Å². The first-order chi connectivity index (χ1) is 17.6. The minimum Gasteiger partial charge on any atom is -0.353 e. The molecule has 0 radical (unpaired) electrons. The molecule has 0 spiro atoms. The van der Waals surface area contributed by atoms with E-state index < -0.39 is 0 Å². The van der Waals surface area contributed by atoms with Crippen molar-refractivity contribution in [2.75, 3.05) is 6.54 Å². The third-order valence-electron chi connectivity index (χ3n) is 8.75. The Morgan fingerprint density at radius 3 is 2.46 bits per heavy atom. The Kier molecular flexibility index (Phi) is 9.72. The van der Waals surface area contributed by atoms with Crippen LogP contribution in [0.4, 0.5) is 0 Å². The number of nitrogens with zero attached hydrogens (tertiary/aromatic N) is 1. The zero-order valence-corrected chi connectivity index (χ0v) is 23.1. The molecular formula is C32H44ClN3O. The topological polar surface area (TPSA) is 60.1 Å². The van der Waals surface area contributed by atoms with Crippen LogP contribution < -0.4 is 11.1 Å². The summed E-state index contributed by atoms with van der Waals surface area (Å²) in [5, 5.41) is 4.67. The van der Waals surface area contributed by atoms with E-state index in [9.17, 15) is 4.79 Å². The summed E-state index contributed by atoms with van der Waals surface area (Å²) in [4.78, 5) is 13.4. The number of para-hydroxylation sites is 1. The van der Waals surface area contributed by atoms with Crippen LogP contribution in [-0.4, -0.2) is 23.1 Å². The van der Waals surface area contributed by atoms with Crippen LogP contribution in [0.2, 0.25) is 0 Å². The van der Waals surface area contributed by atoms with E-state index in [4.69, 9.17) is 5.73 Å². The van der Waals surface area contributed by atoms with Crippen molar-refractivity contribution in [1.82, 2.24) is 9.88 Å². The van der Waals surface area contributed by atoms with Gasteiger partial charge in [-0.05, 0) is 81.0 Å². The van der Waals surface area contributed by atoms with Gasteiger partial charge in [0.25, 0.3) is 0 Å². The van der Waals surface area contributed by atoms with Gasteiger partial charge in [0.15, 0.2) is 0 Å². The SMILES string of the molecule is Cc1cccc(C(CC(=O)N[C@H]2CC[C@H](CN)CC2)c2cn(CC3CCCCC3)c3ccccc23)c1.Cl. The number of carbonyl (C=O) groups is 1. The zero-order chi connectivity index (χ0) is 24.9. The average molecular weight is 522 g/mol. The second kappa shape index (κ2) is 13.0. The van der Waals surface area contributed by atoms with E-state index in [1.807, 2.05) is 0 Å². The normalized spacial score (nSPS) is 21.4. The number of benzene rings is 2. The Morgan fingerprint density at radius 2 is 1.73 bits per heavy atom. The molecule has 2 aromatic carbocycles. The number of halogens is 1. The van der Waals surface area contributed by atoms with Gasteiger partial charge in [-0.2, -0.15) is 0 Å². The van der Waals surface area contributed by atoms with Gasteiger partial charge in [-0.1, -0.05) is 67.3 Å². The predicted octanol–water partition coefficient (Wildman–Crippen LogP) is 7.11. The predicted molar refractivity (Wildman–Crippen MR) is 156 cm³/mol. The largest absolute Gasteiger partial charge is 0.353 e. The number of aromatic nitrogens is 1. The van der Waals surface area contributed by atoms with Crippen molar-refractivity contribution in [2.45, 2.75) is 89.6 Å². The quantitative estimate of drug-likeness (QED) is 0.332. The van der Waals surface area contributed by atoms with Gasteiger partial charge in [0.2, 0.25) is 5.91 Å². The van der Waals surface area contributed by atoms with Gasteiger partial charge in [0.1, 0.15) is 0 Å². The lowest BCUT2D eigenvalue weighted by Gasteiger charge is -2.29. The molecule has 3 aromatic rings. The second-order valence-electron chi connectivity index (χ2n) is 11.4. The number of rotatable bonds is 8. The lowest BCUT2D eigenvalue weighted by Crippen LogP contribution is -2.39. The van der Waals surface area contributed by atoms with Crippen LogP contribution in [-0.2, 0) is 11.3 Å². The first-order valence-corrected chi connectivity index (χ1v) is 14.2. The number of nitrogens with two attached hydrogens (primary N) is 1. The lowest BCUT2D eigenvalue weighted by molar-refractivity contribution is -0.122. The standard InChI is InChI=1S/C32H43N3O.ClH/c1-23-8-7-11-26(18-23)29(19-32(36)34-27-16-14-24(20-33)15-17-27)30-22-35(21-25-9-3-2-4-10-25)31-13-6-5-12-28(30)31;/h5-8,11-13,18,22,24-25,27,29H,2-4,9-10,14-17,19-21,33H2,1H3,(H,34,36);1H/t24-,27-,29?;. The summed E-state index contributed by atoms with van der Waals surface area (Å²) in [6.07, 6.45) is 13.9. The van der Waals surface area contributed by atoms with E-state index in [1.54, 1.807) is 0 Å².